The highest BCUT2D eigenvalue weighted by molar-refractivity contribution is 5.59. The number of aromatic nitrogens is 2. The molecule has 1 aromatic carbocycles. The number of nitrogens with two attached hydrogens (primary N) is 1. The van der Waals surface area contributed by atoms with Gasteiger partial charge in [0.2, 0.25) is 0 Å². The lowest BCUT2D eigenvalue weighted by molar-refractivity contribution is 0.498. The van der Waals surface area contributed by atoms with Crippen molar-refractivity contribution in [3.05, 3.63) is 52.1 Å². The van der Waals surface area contributed by atoms with Crippen LogP contribution in [0.1, 0.15) is 39.2 Å². The van der Waals surface area contributed by atoms with E-state index in [0.717, 1.165) is 18.4 Å². The van der Waals surface area contributed by atoms with Crippen molar-refractivity contribution in [3.63, 3.8) is 0 Å². The number of unbranched alkanes of at least 4 members (excludes halogenated alkanes) is 1. The van der Waals surface area contributed by atoms with Crippen molar-refractivity contribution in [2.45, 2.75) is 45.7 Å². The number of hydrogen-bond donors (Lipinski definition) is 1. The summed E-state index contributed by atoms with van der Waals surface area (Å²) in [6, 6.07) is 7.77. The van der Waals surface area contributed by atoms with E-state index in [1.807, 2.05) is 0 Å². The highest BCUT2D eigenvalue weighted by Crippen LogP contribution is 2.21. The van der Waals surface area contributed by atoms with E-state index < -0.39 is 5.54 Å². The lowest BCUT2D eigenvalue weighted by Crippen LogP contribution is -2.39. The number of benzene rings is 1. The van der Waals surface area contributed by atoms with Crippen molar-refractivity contribution in [2.24, 2.45) is 5.73 Å². The molecular weight excluding hydrogens is 281 g/mol. The first-order valence-electron chi connectivity index (χ1n) is 7.50. The Hall–Kier alpha value is -2.01. The fourth-order valence-corrected chi connectivity index (χ4v) is 2.22. The molecule has 0 fully saturated rings. The van der Waals surface area contributed by atoms with Crippen LogP contribution in [-0.4, -0.2) is 9.78 Å². The first kappa shape index (κ1) is 16.4. The zero-order valence-electron chi connectivity index (χ0n) is 13.3. The maximum absolute atomic E-state index is 13.1. The van der Waals surface area contributed by atoms with E-state index >= 15 is 0 Å². The quantitative estimate of drug-likeness (QED) is 0.923. The molecule has 2 aromatic rings. The van der Waals surface area contributed by atoms with Crippen molar-refractivity contribution in [1.29, 1.82) is 0 Å². The third-order valence-electron chi connectivity index (χ3n) is 3.53. The van der Waals surface area contributed by atoms with Crippen molar-refractivity contribution >= 4 is 0 Å². The van der Waals surface area contributed by atoms with Crippen LogP contribution in [-0.2, 0) is 12.1 Å². The molecule has 4 nitrogen and oxygen atoms in total. The molecule has 0 saturated heterocycles. The van der Waals surface area contributed by atoms with Gasteiger partial charge in [0.25, 0.3) is 5.56 Å². The topological polar surface area (TPSA) is 60.9 Å². The van der Waals surface area contributed by atoms with Gasteiger partial charge < -0.3 is 5.73 Å². The van der Waals surface area contributed by atoms with Crippen LogP contribution in [0.5, 0.6) is 0 Å². The van der Waals surface area contributed by atoms with Gasteiger partial charge in [-0.1, -0.05) is 13.3 Å². The number of halogens is 1. The Bertz CT molecular complexity index is 699. The van der Waals surface area contributed by atoms with E-state index in [9.17, 15) is 9.18 Å². The van der Waals surface area contributed by atoms with Crippen LogP contribution in [0.4, 0.5) is 4.39 Å². The number of nitrogens with zero attached hydrogens (tertiary/aromatic N) is 2. The Morgan fingerprint density at radius 1 is 1.27 bits per heavy atom. The lowest BCUT2D eigenvalue weighted by atomic mass is 9.96. The van der Waals surface area contributed by atoms with E-state index in [1.165, 1.54) is 16.8 Å². The molecule has 0 amide bonds. The average Bonchev–Trinajstić information content (AvgIpc) is 2.46. The molecule has 5 heteroatoms. The van der Waals surface area contributed by atoms with E-state index in [2.05, 4.69) is 12.0 Å². The van der Waals surface area contributed by atoms with Gasteiger partial charge in [-0.3, -0.25) is 4.79 Å². The Morgan fingerprint density at radius 2 is 1.91 bits per heavy atom. The summed E-state index contributed by atoms with van der Waals surface area (Å²) in [7, 11) is 0. The molecule has 0 unspecified atom stereocenters. The van der Waals surface area contributed by atoms with E-state index in [0.29, 0.717) is 17.8 Å². The zero-order valence-corrected chi connectivity index (χ0v) is 13.3. The lowest BCUT2D eigenvalue weighted by Gasteiger charge is -2.20. The molecule has 22 heavy (non-hydrogen) atoms. The molecule has 0 aliphatic heterocycles. The van der Waals surface area contributed by atoms with Crippen molar-refractivity contribution in [2.75, 3.05) is 0 Å². The molecule has 1 heterocycles. The first-order chi connectivity index (χ1) is 10.3. The van der Waals surface area contributed by atoms with Gasteiger partial charge in [-0.2, -0.15) is 5.10 Å². The summed E-state index contributed by atoms with van der Waals surface area (Å²) in [4.78, 5) is 12.5. The molecule has 0 radical (unpaired) electrons. The van der Waals surface area contributed by atoms with E-state index in [1.54, 1.807) is 32.0 Å². The maximum atomic E-state index is 13.1. The molecule has 2 N–H and O–H groups in total. The molecule has 0 aliphatic carbocycles. The summed E-state index contributed by atoms with van der Waals surface area (Å²) in [5, 5.41) is 4.41. The zero-order chi connectivity index (χ0) is 16.3. The Kier molecular flexibility index (Phi) is 4.76. The predicted octanol–water partition coefficient (Wildman–Crippen LogP) is 3.04. The molecule has 0 spiro atoms. The standard InChI is InChI=1S/C17H22FN3O/c1-4-5-10-21-16(22)14(17(2,3)19)11-15(20-21)12-6-8-13(18)9-7-12/h6-9,11H,4-5,10,19H2,1-3H3. The van der Waals surface area contributed by atoms with Crippen LogP contribution in [0, 0.1) is 5.82 Å². The molecule has 0 aliphatic rings. The van der Waals surface area contributed by atoms with Crippen LogP contribution in [0.3, 0.4) is 0 Å². The highest BCUT2D eigenvalue weighted by Gasteiger charge is 2.21. The van der Waals surface area contributed by atoms with Gasteiger partial charge in [0, 0.05) is 23.2 Å². The molecule has 0 bridgehead atoms. The number of hydrogen-bond acceptors (Lipinski definition) is 3. The number of aryl methyl sites for hydroxylation is 1. The van der Waals surface area contributed by atoms with Gasteiger partial charge in [0.1, 0.15) is 5.82 Å². The van der Waals surface area contributed by atoms with Gasteiger partial charge in [-0.15, -0.1) is 0 Å². The van der Waals surface area contributed by atoms with Crippen LogP contribution >= 0.6 is 0 Å². The van der Waals surface area contributed by atoms with Crippen molar-refractivity contribution in [3.8, 4) is 11.3 Å². The molecule has 118 valence electrons. The fraction of sp³-hybridized carbons (Fsp3) is 0.412. The minimum atomic E-state index is -0.761. The fourth-order valence-electron chi connectivity index (χ4n) is 2.22. The minimum Gasteiger partial charge on any atom is -0.322 e. The normalized spacial score (nSPS) is 11.7. The Labute approximate surface area is 129 Å². The summed E-state index contributed by atoms with van der Waals surface area (Å²) in [5.41, 5.74) is 7.11. The first-order valence-corrected chi connectivity index (χ1v) is 7.50. The molecule has 0 atom stereocenters. The summed E-state index contributed by atoms with van der Waals surface area (Å²) >= 11 is 0. The van der Waals surface area contributed by atoms with E-state index in [4.69, 9.17) is 5.73 Å². The number of rotatable bonds is 5. The van der Waals surface area contributed by atoms with Gasteiger partial charge in [0.15, 0.2) is 0 Å². The van der Waals surface area contributed by atoms with Crippen molar-refractivity contribution < 1.29 is 4.39 Å². The van der Waals surface area contributed by atoms with Gasteiger partial charge in [-0.25, -0.2) is 9.07 Å². The Morgan fingerprint density at radius 3 is 2.45 bits per heavy atom. The summed E-state index contributed by atoms with van der Waals surface area (Å²) in [5.74, 6) is -0.303. The second-order valence-electron chi connectivity index (χ2n) is 6.05. The van der Waals surface area contributed by atoms with Crippen LogP contribution < -0.4 is 11.3 Å². The van der Waals surface area contributed by atoms with Gasteiger partial charge >= 0.3 is 0 Å². The Balaban J connectivity index is 2.59. The van der Waals surface area contributed by atoms with Crippen LogP contribution in [0.15, 0.2) is 35.1 Å². The largest absolute Gasteiger partial charge is 0.322 e. The van der Waals surface area contributed by atoms with Gasteiger partial charge in [0.05, 0.1) is 5.69 Å². The molecule has 1 aromatic heterocycles. The third-order valence-corrected chi connectivity index (χ3v) is 3.53. The second-order valence-corrected chi connectivity index (χ2v) is 6.05. The molecular formula is C17H22FN3O. The predicted molar refractivity (Wildman–Crippen MR) is 86.0 cm³/mol. The summed E-state index contributed by atoms with van der Waals surface area (Å²) in [6.07, 6.45) is 1.83. The van der Waals surface area contributed by atoms with Crippen LogP contribution in [0.25, 0.3) is 11.3 Å². The second kappa shape index (κ2) is 6.40. The van der Waals surface area contributed by atoms with E-state index in [-0.39, 0.29) is 11.4 Å². The van der Waals surface area contributed by atoms with Gasteiger partial charge in [-0.05, 0) is 50.6 Å². The van der Waals surface area contributed by atoms with Crippen LogP contribution in [0.2, 0.25) is 0 Å². The summed E-state index contributed by atoms with van der Waals surface area (Å²) < 4.78 is 14.5. The highest BCUT2D eigenvalue weighted by atomic mass is 19.1. The minimum absolute atomic E-state index is 0.160. The smallest absolute Gasteiger partial charge is 0.271 e. The molecule has 2 rings (SSSR count). The SMILES string of the molecule is CCCCn1nc(-c2ccc(F)cc2)cc(C(C)(C)N)c1=O. The summed E-state index contributed by atoms with van der Waals surface area (Å²) in [6.45, 7) is 6.20. The monoisotopic (exact) mass is 303 g/mol. The third kappa shape index (κ3) is 3.60. The average molecular weight is 303 g/mol. The molecule has 0 saturated carbocycles. The maximum Gasteiger partial charge on any atom is 0.271 e. The van der Waals surface area contributed by atoms with Crippen molar-refractivity contribution in [1.82, 2.24) is 9.78 Å².